The van der Waals surface area contributed by atoms with Gasteiger partial charge in [0.2, 0.25) is 0 Å². The van der Waals surface area contributed by atoms with Gasteiger partial charge >= 0.3 is 4.83 Å². The van der Waals surface area contributed by atoms with Gasteiger partial charge in [0, 0.05) is 0 Å². The van der Waals surface area contributed by atoms with E-state index in [0.29, 0.717) is 0 Å². The number of halogens is 6. The third kappa shape index (κ3) is 2.64. The zero-order chi connectivity index (χ0) is 8.36. The molecule has 0 spiro atoms. The molecule has 0 unspecified atom stereocenters. The van der Waals surface area contributed by atoms with Crippen LogP contribution in [-0.4, -0.2) is 11.5 Å². The van der Waals surface area contributed by atoms with E-state index >= 15 is 0 Å². The fourth-order valence-corrected chi connectivity index (χ4v) is 0.489. The Morgan fingerprint density at radius 1 is 1.30 bits per heavy atom. The topological polar surface area (TPSA) is 0 Å². The van der Waals surface area contributed by atoms with Crippen LogP contribution >= 0.6 is 15.9 Å². The predicted molar refractivity (Wildman–Crippen MR) is 29.1 cm³/mol. The second-order valence-corrected chi connectivity index (χ2v) is 2.37. The van der Waals surface area contributed by atoms with E-state index in [1.807, 2.05) is 0 Å². The highest BCUT2D eigenvalue weighted by molar-refractivity contribution is 9.10. The monoisotopic (exact) mass is 224 g/mol. The van der Waals surface area contributed by atoms with Gasteiger partial charge in [-0.3, -0.25) is 0 Å². The summed E-state index contributed by atoms with van der Waals surface area (Å²) in [6.45, 7) is -1.86. The van der Waals surface area contributed by atoms with Crippen molar-refractivity contribution in [2.24, 2.45) is 0 Å². The van der Waals surface area contributed by atoms with E-state index in [0.717, 1.165) is 0 Å². The molecule has 0 aliphatic rings. The van der Waals surface area contributed by atoms with Gasteiger partial charge in [0.1, 0.15) is 12.2 Å². The van der Waals surface area contributed by atoms with Crippen molar-refractivity contribution in [3.8, 4) is 0 Å². The van der Waals surface area contributed by atoms with Crippen molar-refractivity contribution in [2.75, 3.05) is 6.67 Å². The van der Waals surface area contributed by atoms with E-state index < -0.39 is 23.2 Å². The number of allylic oxidation sites excluding steroid dienone is 1. The van der Waals surface area contributed by atoms with Crippen molar-refractivity contribution in [1.82, 2.24) is 0 Å². The first kappa shape index (κ1) is 9.87. The van der Waals surface area contributed by atoms with Gasteiger partial charge in [-0.2, -0.15) is 17.6 Å². The summed E-state index contributed by atoms with van der Waals surface area (Å²) in [7, 11) is 0. The molecule has 0 atom stereocenters. The van der Waals surface area contributed by atoms with Crippen molar-refractivity contribution in [2.45, 2.75) is 4.83 Å². The van der Waals surface area contributed by atoms with Crippen LogP contribution in [-0.2, 0) is 0 Å². The Morgan fingerprint density at radius 3 is 1.70 bits per heavy atom. The van der Waals surface area contributed by atoms with Crippen molar-refractivity contribution in [3.63, 3.8) is 0 Å². The Morgan fingerprint density at radius 2 is 1.70 bits per heavy atom. The molecule has 60 valence electrons. The third-order valence-electron chi connectivity index (χ3n) is 0.704. The maximum Gasteiger partial charge on any atom is 0.330 e. The summed E-state index contributed by atoms with van der Waals surface area (Å²) in [6, 6.07) is 0. The predicted octanol–water partition coefficient (Wildman–Crippen LogP) is 3.09. The van der Waals surface area contributed by atoms with Gasteiger partial charge < -0.3 is 0 Å². The summed E-state index contributed by atoms with van der Waals surface area (Å²) < 4.78 is 57.6. The van der Waals surface area contributed by atoms with Gasteiger partial charge in [-0.1, -0.05) is 0 Å². The number of hydrogen-bond acceptors (Lipinski definition) is 0. The van der Waals surface area contributed by atoms with Crippen molar-refractivity contribution in [3.05, 3.63) is 11.7 Å². The smallest absolute Gasteiger partial charge is 0.246 e. The van der Waals surface area contributed by atoms with Crippen molar-refractivity contribution in [1.29, 1.82) is 0 Å². The molecule has 0 aromatic rings. The average molecular weight is 225 g/mol. The maximum atomic E-state index is 11.8. The Labute approximate surface area is 61.8 Å². The fraction of sp³-hybridized carbons (Fsp3) is 0.500. The molecule has 0 amide bonds. The lowest BCUT2D eigenvalue weighted by Crippen LogP contribution is -2.11. The van der Waals surface area contributed by atoms with Crippen LogP contribution in [0.3, 0.4) is 0 Å². The van der Waals surface area contributed by atoms with E-state index in [1.165, 1.54) is 0 Å². The lowest BCUT2D eigenvalue weighted by atomic mass is 10.3. The molecule has 0 nitrogen and oxygen atoms in total. The molecule has 0 aromatic heterocycles. The number of alkyl halides is 4. The van der Waals surface area contributed by atoms with Crippen molar-refractivity contribution >= 4 is 15.9 Å². The van der Waals surface area contributed by atoms with Crippen LogP contribution in [0.5, 0.6) is 0 Å². The molecule has 0 radical (unpaired) electrons. The van der Waals surface area contributed by atoms with Gasteiger partial charge in [0.15, 0.2) is 0 Å². The zero-order valence-corrected chi connectivity index (χ0v) is 6.06. The lowest BCUT2D eigenvalue weighted by Gasteiger charge is -2.07. The van der Waals surface area contributed by atoms with E-state index in [1.54, 1.807) is 15.9 Å². The zero-order valence-electron chi connectivity index (χ0n) is 4.47. The van der Waals surface area contributed by atoms with Crippen LogP contribution in [0.4, 0.5) is 22.0 Å². The lowest BCUT2D eigenvalue weighted by molar-refractivity contribution is 0.138. The summed E-state index contributed by atoms with van der Waals surface area (Å²) in [6.07, 6.45) is -2.69. The Balaban J connectivity index is 4.55. The molecular formula is C4H2BrF5. The molecule has 0 heterocycles. The average Bonchev–Trinajstić information content (AvgIpc) is 1.60. The first-order chi connectivity index (χ1) is 4.39. The minimum atomic E-state index is -3.94. The van der Waals surface area contributed by atoms with Gasteiger partial charge in [-0.15, -0.1) is 0 Å². The largest absolute Gasteiger partial charge is 0.330 e. The fourth-order valence-electron chi connectivity index (χ4n) is 0.233. The third-order valence-corrected chi connectivity index (χ3v) is 1.18. The summed E-state index contributed by atoms with van der Waals surface area (Å²) in [4.78, 5) is -3.94. The van der Waals surface area contributed by atoms with Crippen molar-refractivity contribution < 1.29 is 22.0 Å². The molecule has 0 saturated heterocycles. The van der Waals surface area contributed by atoms with Gasteiger partial charge in [-0.05, 0) is 15.9 Å². The molecule has 10 heavy (non-hydrogen) atoms. The Kier molecular flexibility index (Phi) is 3.27. The van der Waals surface area contributed by atoms with Crippen LogP contribution < -0.4 is 0 Å². The maximum absolute atomic E-state index is 11.8. The van der Waals surface area contributed by atoms with Gasteiger partial charge in [-0.25, -0.2) is 4.39 Å². The molecule has 6 heteroatoms. The van der Waals surface area contributed by atoms with Crippen LogP contribution in [0, 0.1) is 0 Å². The van der Waals surface area contributed by atoms with E-state index in [2.05, 4.69) is 0 Å². The summed E-state index contributed by atoms with van der Waals surface area (Å²) >= 11 is 1.59. The first-order valence-electron chi connectivity index (χ1n) is 2.07. The first-order valence-corrected chi connectivity index (χ1v) is 2.86. The molecule has 0 bridgehead atoms. The molecule has 0 fully saturated rings. The minimum Gasteiger partial charge on any atom is -0.246 e. The number of hydrogen-bond donors (Lipinski definition) is 0. The van der Waals surface area contributed by atoms with Crippen LogP contribution in [0.2, 0.25) is 0 Å². The van der Waals surface area contributed by atoms with Gasteiger partial charge in [0.05, 0.1) is 0 Å². The van der Waals surface area contributed by atoms with E-state index in [9.17, 15) is 22.0 Å². The molecule has 0 aromatic carbocycles. The quantitative estimate of drug-likeness (QED) is 0.500. The SMILES string of the molecule is FCC(=C(F)F)C(F)(F)Br. The molecule has 0 aliphatic carbocycles. The Hall–Kier alpha value is -0.130. The molecule has 0 rings (SSSR count). The standard InChI is InChI=1S/C4H2BrF5/c5-4(9,10)2(1-6)3(7)8/h1H2. The minimum absolute atomic E-state index is 1.59. The van der Waals surface area contributed by atoms with Crippen LogP contribution in [0.15, 0.2) is 11.7 Å². The summed E-state index contributed by atoms with van der Waals surface area (Å²) in [5.74, 6) is 0. The normalized spacial score (nSPS) is 11.4. The molecular weight excluding hydrogens is 223 g/mol. The Bertz CT molecular complexity index is 142. The number of rotatable bonds is 2. The molecule has 0 aliphatic heterocycles. The molecule has 0 N–H and O–H groups in total. The highest BCUT2D eigenvalue weighted by atomic mass is 79.9. The van der Waals surface area contributed by atoms with Gasteiger partial charge in [0.25, 0.3) is 6.08 Å². The van der Waals surface area contributed by atoms with E-state index in [-0.39, 0.29) is 0 Å². The second-order valence-electron chi connectivity index (χ2n) is 1.37. The highest BCUT2D eigenvalue weighted by Crippen LogP contribution is 2.33. The second kappa shape index (κ2) is 3.32. The van der Waals surface area contributed by atoms with Crippen LogP contribution in [0.1, 0.15) is 0 Å². The highest BCUT2D eigenvalue weighted by Gasteiger charge is 2.34. The summed E-state index contributed by atoms with van der Waals surface area (Å²) in [5, 5.41) is 0. The molecule has 0 saturated carbocycles. The summed E-state index contributed by atoms with van der Waals surface area (Å²) in [5.41, 5.74) is -1.83. The van der Waals surface area contributed by atoms with E-state index in [4.69, 9.17) is 0 Å². The van der Waals surface area contributed by atoms with Crippen LogP contribution in [0.25, 0.3) is 0 Å².